The summed E-state index contributed by atoms with van der Waals surface area (Å²) in [7, 11) is -4.20. The number of aromatic nitrogens is 1. The van der Waals surface area contributed by atoms with Gasteiger partial charge < -0.3 is 0 Å². The van der Waals surface area contributed by atoms with Crippen LogP contribution in [-0.2, 0) is 27.9 Å². The predicted molar refractivity (Wildman–Crippen MR) is 150 cm³/mol. The molecule has 0 radical (unpaired) electrons. The van der Waals surface area contributed by atoms with E-state index in [4.69, 9.17) is 0 Å². The van der Waals surface area contributed by atoms with Gasteiger partial charge in [-0.1, -0.05) is 91.0 Å². The summed E-state index contributed by atoms with van der Waals surface area (Å²) >= 11 is 0. The molecule has 1 unspecified atom stereocenters. The molecule has 4 nitrogen and oxygen atoms in total. The van der Waals surface area contributed by atoms with E-state index in [0.29, 0.717) is 16.6 Å². The summed E-state index contributed by atoms with van der Waals surface area (Å²) < 4.78 is 60.5. The van der Waals surface area contributed by atoms with Gasteiger partial charge >= 0.3 is 0 Å². The molecule has 5 rings (SSSR count). The first-order valence-corrected chi connectivity index (χ1v) is 14.0. The molecular weight excluding hydrogens is 514 g/mol. The second kappa shape index (κ2) is 10.3. The van der Waals surface area contributed by atoms with Crippen molar-refractivity contribution in [3.63, 3.8) is 0 Å². The highest BCUT2D eigenvalue weighted by atomic mass is 32.2. The Morgan fingerprint density at radius 3 is 2.18 bits per heavy atom. The van der Waals surface area contributed by atoms with E-state index in [1.807, 2.05) is 61.5 Å². The number of rotatable bonds is 8. The molecule has 4 aromatic carbocycles. The zero-order chi connectivity index (χ0) is 27.7. The minimum atomic E-state index is -4.20. The predicted octanol–water partition coefficient (Wildman–Crippen LogP) is 7.12. The van der Waals surface area contributed by atoms with E-state index in [2.05, 4.69) is 9.71 Å². The van der Waals surface area contributed by atoms with Crippen LogP contribution in [0, 0.1) is 6.92 Å². The molecule has 0 aliphatic carbocycles. The van der Waals surface area contributed by atoms with Gasteiger partial charge in [0.1, 0.15) is 5.54 Å². The molecule has 0 amide bonds. The number of nitrogens with zero attached hydrogens (tertiary/aromatic N) is 1. The summed E-state index contributed by atoms with van der Waals surface area (Å²) in [5.74, 6) is -3.12. The van der Waals surface area contributed by atoms with Crippen molar-refractivity contribution in [1.29, 1.82) is 0 Å². The van der Waals surface area contributed by atoms with Gasteiger partial charge in [-0.3, -0.25) is 4.98 Å². The maximum atomic E-state index is 14.5. The van der Waals surface area contributed by atoms with Gasteiger partial charge in [-0.2, -0.15) is 4.72 Å². The molecular formula is C32H28F2N2O2S. The highest BCUT2D eigenvalue weighted by Gasteiger charge is 2.41. The van der Waals surface area contributed by atoms with Gasteiger partial charge in [0, 0.05) is 30.5 Å². The lowest BCUT2D eigenvalue weighted by Crippen LogP contribution is -2.49. The van der Waals surface area contributed by atoms with Crippen molar-refractivity contribution < 1.29 is 17.2 Å². The average Bonchev–Trinajstić information content (AvgIpc) is 2.93. The van der Waals surface area contributed by atoms with Crippen molar-refractivity contribution in [1.82, 2.24) is 9.71 Å². The first kappa shape index (κ1) is 26.7. The smallest absolute Gasteiger partial charge is 0.259 e. The van der Waals surface area contributed by atoms with Crippen LogP contribution in [0.15, 0.2) is 120 Å². The van der Waals surface area contributed by atoms with Gasteiger partial charge in [-0.25, -0.2) is 17.2 Å². The first-order chi connectivity index (χ1) is 18.6. The molecule has 1 atom stereocenters. The Labute approximate surface area is 227 Å². The minimum Gasteiger partial charge on any atom is -0.259 e. The van der Waals surface area contributed by atoms with Crippen LogP contribution in [0.5, 0.6) is 0 Å². The Morgan fingerprint density at radius 1 is 0.795 bits per heavy atom. The molecule has 0 aliphatic heterocycles. The molecule has 0 aliphatic rings. The summed E-state index contributed by atoms with van der Waals surface area (Å²) in [5.41, 5.74) is 0.760. The SMILES string of the molecule is Cc1ccc(C(Cc2ccccc2)(NS(=O)(=O)c2cccc3ccccc23)c2cccc(C(C)(F)F)c2)nc1. The van der Waals surface area contributed by atoms with Gasteiger partial charge in [0.05, 0.1) is 10.6 Å². The lowest BCUT2D eigenvalue weighted by Gasteiger charge is -2.36. The highest BCUT2D eigenvalue weighted by Crippen LogP contribution is 2.38. The number of aryl methyl sites for hydroxylation is 1. The number of pyridine rings is 1. The Bertz CT molecular complexity index is 1710. The summed E-state index contributed by atoms with van der Waals surface area (Å²) in [6.45, 7) is 2.71. The second-order valence-corrected chi connectivity index (χ2v) is 11.5. The molecule has 0 saturated carbocycles. The van der Waals surface area contributed by atoms with Crippen molar-refractivity contribution in [3.05, 3.63) is 143 Å². The molecule has 198 valence electrons. The fourth-order valence-corrected chi connectivity index (χ4v) is 6.48. The van der Waals surface area contributed by atoms with Crippen LogP contribution < -0.4 is 4.72 Å². The van der Waals surface area contributed by atoms with Crippen LogP contribution in [0.2, 0.25) is 0 Å². The maximum absolute atomic E-state index is 14.5. The van der Waals surface area contributed by atoms with Crippen molar-refractivity contribution >= 4 is 20.8 Å². The van der Waals surface area contributed by atoms with Crippen molar-refractivity contribution in [2.45, 2.75) is 36.6 Å². The Balaban J connectivity index is 1.79. The molecule has 0 bridgehead atoms. The van der Waals surface area contributed by atoms with Crippen molar-refractivity contribution in [2.75, 3.05) is 0 Å². The van der Waals surface area contributed by atoms with E-state index in [1.165, 1.54) is 18.2 Å². The maximum Gasteiger partial charge on any atom is 0.270 e. The van der Waals surface area contributed by atoms with Crippen molar-refractivity contribution in [2.24, 2.45) is 0 Å². The molecule has 5 aromatic rings. The van der Waals surface area contributed by atoms with Gasteiger partial charge in [0.25, 0.3) is 5.92 Å². The van der Waals surface area contributed by atoms with E-state index in [-0.39, 0.29) is 16.9 Å². The van der Waals surface area contributed by atoms with Crippen LogP contribution in [0.4, 0.5) is 8.78 Å². The molecule has 0 spiro atoms. The minimum absolute atomic E-state index is 0.0992. The number of halogens is 2. The normalized spacial score (nSPS) is 13.7. The third kappa shape index (κ3) is 5.46. The fourth-order valence-electron chi connectivity index (χ4n) is 4.88. The average molecular weight is 543 g/mol. The largest absolute Gasteiger partial charge is 0.270 e. The van der Waals surface area contributed by atoms with Crippen LogP contribution in [0.25, 0.3) is 10.8 Å². The third-order valence-corrected chi connectivity index (χ3v) is 8.42. The van der Waals surface area contributed by atoms with Gasteiger partial charge in [-0.05, 0) is 47.2 Å². The summed E-state index contributed by atoms with van der Waals surface area (Å²) in [6, 6.07) is 31.2. The van der Waals surface area contributed by atoms with E-state index in [0.717, 1.165) is 23.4 Å². The number of alkyl halides is 2. The second-order valence-electron chi connectivity index (χ2n) is 9.84. The van der Waals surface area contributed by atoms with Crippen LogP contribution >= 0.6 is 0 Å². The van der Waals surface area contributed by atoms with Gasteiger partial charge in [-0.15, -0.1) is 0 Å². The van der Waals surface area contributed by atoms with Gasteiger partial charge in [0.2, 0.25) is 10.0 Å². The van der Waals surface area contributed by atoms with E-state index in [1.54, 1.807) is 42.6 Å². The standard InChI is InChI=1S/C32H28F2N2O2S/c1-23-18-19-30(35-22-23)32(21-24-10-4-3-5-11-24,27-15-9-14-26(20-27)31(2,33)34)36-39(37,38)29-17-8-13-25-12-6-7-16-28(25)29/h3-20,22,36H,21H2,1-2H3. The van der Waals surface area contributed by atoms with E-state index >= 15 is 0 Å². The molecule has 1 N–H and O–H groups in total. The first-order valence-electron chi connectivity index (χ1n) is 12.6. The summed E-state index contributed by atoms with van der Waals surface area (Å²) in [6.07, 6.45) is 1.80. The molecule has 1 aromatic heterocycles. The fraction of sp³-hybridized carbons (Fsp3) is 0.156. The number of nitrogens with one attached hydrogen (secondary N) is 1. The monoisotopic (exact) mass is 542 g/mol. The van der Waals surface area contributed by atoms with Crippen molar-refractivity contribution in [3.8, 4) is 0 Å². The highest BCUT2D eigenvalue weighted by molar-refractivity contribution is 7.89. The number of hydrogen-bond acceptors (Lipinski definition) is 3. The molecule has 0 saturated heterocycles. The molecule has 1 heterocycles. The molecule has 7 heteroatoms. The topological polar surface area (TPSA) is 59.1 Å². The van der Waals surface area contributed by atoms with Crippen LogP contribution in [0.1, 0.15) is 34.9 Å². The van der Waals surface area contributed by atoms with E-state index < -0.39 is 21.5 Å². The van der Waals surface area contributed by atoms with Crippen LogP contribution in [-0.4, -0.2) is 13.4 Å². The lowest BCUT2D eigenvalue weighted by molar-refractivity contribution is 0.0173. The molecule has 39 heavy (non-hydrogen) atoms. The zero-order valence-electron chi connectivity index (χ0n) is 21.6. The summed E-state index contributed by atoms with van der Waals surface area (Å²) in [5, 5.41) is 1.34. The third-order valence-electron chi connectivity index (χ3n) is 6.87. The Morgan fingerprint density at radius 2 is 1.46 bits per heavy atom. The van der Waals surface area contributed by atoms with Gasteiger partial charge in [0.15, 0.2) is 0 Å². The van der Waals surface area contributed by atoms with Crippen LogP contribution in [0.3, 0.4) is 0 Å². The number of benzene rings is 4. The number of hydrogen-bond donors (Lipinski definition) is 1. The molecule has 0 fully saturated rings. The number of fused-ring (bicyclic) bond motifs is 1. The lowest BCUT2D eigenvalue weighted by atomic mass is 9.80. The Hall–Kier alpha value is -3.94. The summed E-state index contributed by atoms with van der Waals surface area (Å²) in [4.78, 5) is 4.74. The quantitative estimate of drug-likeness (QED) is 0.227. The van der Waals surface area contributed by atoms with E-state index in [9.17, 15) is 17.2 Å². The Kier molecular flexibility index (Phi) is 7.05. The zero-order valence-corrected chi connectivity index (χ0v) is 22.4. The number of sulfonamides is 1.